The van der Waals surface area contributed by atoms with Crippen LogP contribution in [0.2, 0.25) is 0 Å². The van der Waals surface area contributed by atoms with Crippen molar-refractivity contribution in [3.05, 3.63) is 42.0 Å². The number of hydrogen-bond acceptors (Lipinski definition) is 2. The zero-order valence-corrected chi connectivity index (χ0v) is 7.64. The van der Waals surface area contributed by atoms with Gasteiger partial charge >= 0.3 is 0 Å². The maximum Gasteiger partial charge on any atom is 0.0709 e. The topological polar surface area (TPSA) is 24.7 Å². The molecule has 0 fully saturated rings. The summed E-state index contributed by atoms with van der Waals surface area (Å²) in [4.78, 5) is 7.78. The van der Waals surface area contributed by atoms with Gasteiger partial charge in [-0.1, -0.05) is 30.3 Å². The first-order chi connectivity index (χ1) is 6.38. The molecule has 2 heteroatoms. The van der Waals surface area contributed by atoms with E-state index >= 15 is 0 Å². The van der Waals surface area contributed by atoms with Crippen LogP contribution in [-0.2, 0) is 0 Å². The Balaban J connectivity index is 2.98. The number of benzene rings is 1. The van der Waals surface area contributed by atoms with E-state index in [1.807, 2.05) is 36.4 Å². The molecule has 1 aromatic rings. The highest BCUT2D eigenvalue weighted by atomic mass is 14.7. The number of allylic oxidation sites excluding steroid dienone is 1. The summed E-state index contributed by atoms with van der Waals surface area (Å²) < 4.78 is 0. The first-order valence-corrected chi connectivity index (χ1v) is 4.03. The van der Waals surface area contributed by atoms with Crippen LogP contribution in [0.5, 0.6) is 0 Å². The summed E-state index contributed by atoms with van der Waals surface area (Å²) in [5.74, 6) is 0. The molecule has 0 aliphatic heterocycles. The van der Waals surface area contributed by atoms with Gasteiger partial charge in [0.2, 0.25) is 0 Å². The smallest absolute Gasteiger partial charge is 0.0709 e. The van der Waals surface area contributed by atoms with E-state index in [0.29, 0.717) is 0 Å². The van der Waals surface area contributed by atoms with Crippen molar-refractivity contribution >= 4 is 18.6 Å². The van der Waals surface area contributed by atoms with Crippen molar-refractivity contribution in [2.75, 3.05) is 7.05 Å². The lowest BCUT2D eigenvalue weighted by atomic mass is 10.1. The second-order valence-corrected chi connectivity index (χ2v) is 2.48. The highest BCUT2D eigenvalue weighted by Crippen LogP contribution is 2.13. The molecule has 0 amide bonds. The molecule has 0 aliphatic rings. The first-order valence-electron chi connectivity index (χ1n) is 4.03. The highest BCUT2D eigenvalue weighted by molar-refractivity contribution is 5.85. The number of nitrogens with zero attached hydrogens (tertiary/aromatic N) is 2. The predicted octanol–water partition coefficient (Wildman–Crippen LogP) is 2.43. The maximum absolute atomic E-state index is 3.92. The van der Waals surface area contributed by atoms with Gasteiger partial charge in [-0.15, -0.1) is 0 Å². The van der Waals surface area contributed by atoms with Gasteiger partial charge in [0.15, 0.2) is 0 Å². The molecule has 1 aromatic carbocycles. The van der Waals surface area contributed by atoms with Gasteiger partial charge in [0, 0.05) is 18.8 Å². The fraction of sp³-hybridized carbons (Fsp3) is 0.0909. The third kappa shape index (κ3) is 2.67. The van der Waals surface area contributed by atoms with Gasteiger partial charge in [-0.25, -0.2) is 0 Å². The van der Waals surface area contributed by atoms with Crippen molar-refractivity contribution in [3.63, 3.8) is 0 Å². The van der Waals surface area contributed by atoms with Crippen LogP contribution in [0.1, 0.15) is 5.56 Å². The zero-order valence-electron chi connectivity index (χ0n) is 7.64. The molecule has 0 bridgehead atoms. The summed E-state index contributed by atoms with van der Waals surface area (Å²) in [6, 6.07) is 9.89. The number of rotatable bonds is 3. The SMILES string of the molecule is C=N/C(=C\C=N/C)c1ccccc1. The molecule has 66 valence electrons. The summed E-state index contributed by atoms with van der Waals surface area (Å²) in [6.45, 7) is 3.51. The monoisotopic (exact) mass is 172 g/mol. The average Bonchev–Trinajstić information content (AvgIpc) is 2.21. The molecule has 0 aromatic heterocycles. The second kappa shape index (κ2) is 5.04. The Morgan fingerprint density at radius 2 is 2.00 bits per heavy atom. The summed E-state index contributed by atoms with van der Waals surface area (Å²) in [5, 5.41) is 0. The van der Waals surface area contributed by atoms with E-state index in [1.54, 1.807) is 13.3 Å². The molecule has 1 rings (SSSR count). The second-order valence-electron chi connectivity index (χ2n) is 2.48. The Hall–Kier alpha value is -1.70. The van der Waals surface area contributed by atoms with Gasteiger partial charge in [0.25, 0.3) is 0 Å². The molecule has 0 atom stereocenters. The van der Waals surface area contributed by atoms with E-state index < -0.39 is 0 Å². The lowest BCUT2D eigenvalue weighted by molar-refractivity contribution is 1.47. The van der Waals surface area contributed by atoms with Crippen molar-refractivity contribution in [2.45, 2.75) is 0 Å². The maximum atomic E-state index is 3.92. The molecule has 0 radical (unpaired) electrons. The molecule has 0 N–H and O–H groups in total. The molecule has 0 aliphatic carbocycles. The van der Waals surface area contributed by atoms with Crippen molar-refractivity contribution in [1.82, 2.24) is 0 Å². The third-order valence-corrected chi connectivity index (χ3v) is 1.62. The lowest BCUT2D eigenvalue weighted by Crippen LogP contribution is -1.80. The van der Waals surface area contributed by atoms with E-state index in [0.717, 1.165) is 11.3 Å². The van der Waals surface area contributed by atoms with Crippen LogP contribution in [0.4, 0.5) is 0 Å². The van der Waals surface area contributed by atoms with Crippen LogP contribution in [0, 0.1) is 0 Å². The Bertz CT molecular complexity index is 323. The van der Waals surface area contributed by atoms with E-state index in [9.17, 15) is 0 Å². The van der Waals surface area contributed by atoms with E-state index in [1.165, 1.54) is 0 Å². The van der Waals surface area contributed by atoms with Crippen LogP contribution in [-0.4, -0.2) is 20.0 Å². The van der Waals surface area contributed by atoms with Crippen molar-refractivity contribution in [1.29, 1.82) is 0 Å². The van der Waals surface area contributed by atoms with Crippen LogP contribution < -0.4 is 0 Å². The average molecular weight is 172 g/mol. The van der Waals surface area contributed by atoms with Crippen molar-refractivity contribution in [3.8, 4) is 0 Å². The minimum Gasteiger partial charge on any atom is -0.296 e. The highest BCUT2D eigenvalue weighted by Gasteiger charge is 1.94. The minimum absolute atomic E-state index is 0.839. The van der Waals surface area contributed by atoms with Gasteiger partial charge in [0.1, 0.15) is 0 Å². The first kappa shape index (κ1) is 9.39. The zero-order chi connectivity index (χ0) is 9.52. The van der Waals surface area contributed by atoms with E-state index in [2.05, 4.69) is 16.7 Å². The fourth-order valence-electron chi connectivity index (χ4n) is 0.994. The standard InChI is InChI=1S/C11H12N2/c1-12-9-8-11(13-2)10-6-4-3-5-7-10/h3-9H,2H2,1H3/b11-8-,12-9-. The molecular weight excluding hydrogens is 160 g/mol. The molecule has 0 spiro atoms. The van der Waals surface area contributed by atoms with Gasteiger partial charge < -0.3 is 0 Å². The summed E-state index contributed by atoms with van der Waals surface area (Å²) >= 11 is 0. The van der Waals surface area contributed by atoms with Gasteiger partial charge in [0.05, 0.1) is 5.70 Å². The third-order valence-electron chi connectivity index (χ3n) is 1.62. The molecule has 0 saturated carbocycles. The summed E-state index contributed by atoms with van der Waals surface area (Å²) in [6.07, 6.45) is 3.54. The normalized spacial score (nSPS) is 11.9. The van der Waals surface area contributed by atoms with Crippen molar-refractivity contribution < 1.29 is 0 Å². The van der Waals surface area contributed by atoms with Gasteiger partial charge in [-0.05, 0) is 12.8 Å². The van der Waals surface area contributed by atoms with Crippen LogP contribution in [0.25, 0.3) is 5.70 Å². The Morgan fingerprint density at radius 1 is 1.31 bits per heavy atom. The quantitative estimate of drug-likeness (QED) is 0.625. The predicted molar refractivity (Wildman–Crippen MR) is 58.4 cm³/mol. The van der Waals surface area contributed by atoms with Crippen LogP contribution in [0.3, 0.4) is 0 Å². The molecular formula is C11H12N2. The molecule has 0 unspecified atom stereocenters. The van der Waals surface area contributed by atoms with E-state index in [4.69, 9.17) is 0 Å². The minimum atomic E-state index is 0.839. The van der Waals surface area contributed by atoms with Crippen molar-refractivity contribution in [2.24, 2.45) is 9.98 Å². The Labute approximate surface area is 78.4 Å². The number of hydrogen-bond donors (Lipinski definition) is 0. The van der Waals surface area contributed by atoms with Crippen LogP contribution in [0.15, 0.2) is 46.4 Å². The Morgan fingerprint density at radius 3 is 2.54 bits per heavy atom. The lowest BCUT2D eigenvalue weighted by Gasteiger charge is -1.98. The summed E-state index contributed by atoms with van der Waals surface area (Å²) in [7, 11) is 1.72. The Kier molecular flexibility index (Phi) is 3.64. The van der Waals surface area contributed by atoms with E-state index in [-0.39, 0.29) is 0 Å². The molecule has 0 heterocycles. The number of aliphatic imine (C=N–C) groups is 2. The van der Waals surface area contributed by atoms with Crippen LogP contribution >= 0.6 is 0 Å². The van der Waals surface area contributed by atoms with Gasteiger partial charge in [-0.3, -0.25) is 9.98 Å². The molecule has 2 nitrogen and oxygen atoms in total. The molecule has 13 heavy (non-hydrogen) atoms. The summed E-state index contributed by atoms with van der Waals surface area (Å²) in [5.41, 5.74) is 1.89. The largest absolute Gasteiger partial charge is 0.296 e. The van der Waals surface area contributed by atoms with Gasteiger partial charge in [-0.2, -0.15) is 0 Å². The molecule has 0 saturated heterocycles. The fourth-order valence-corrected chi connectivity index (χ4v) is 0.994.